The zero-order valence-corrected chi connectivity index (χ0v) is 16.8. The molecule has 0 saturated carbocycles. The van der Waals surface area contributed by atoms with Crippen molar-refractivity contribution in [3.8, 4) is 5.75 Å². The quantitative estimate of drug-likeness (QED) is 0.626. The SMILES string of the molecule is CC(C)(C)c1ccc(OCCNC(=O)Cn2c(=O)[nH]c3ccccc3c2=O)cc1. The zero-order chi connectivity index (χ0) is 21.0. The molecule has 0 fully saturated rings. The van der Waals surface area contributed by atoms with Crippen molar-refractivity contribution < 1.29 is 9.53 Å². The summed E-state index contributed by atoms with van der Waals surface area (Å²) < 4.78 is 6.52. The predicted octanol–water partition coefficient (Wildman–Crippen LogP) is 2.18. The van der Waals surface area contributed by atoms with E-state index >= 15 is 0 Å². The summed E-state index contributed by atoms with van der Waals surface area (Å²) in [5.74, 6) is 0.286. The van der Waals surface area contributed by atoms with Crippen LogP contribution >= 0.6 is 0 Å². The second kappa shape index (κ2) is 8.34. The second-order valence-electron chi connectivity index (χ2n) is 7.84. The first-order valence-electron chi connectivity index (χ1n) is 9.47. The second-order valence-corrected chi connectivity index (χ2v) is 7.84. The molecule has 0 radical (unpaired) electrons. The standard InChI is InChI=1S/C22H25N3O4/c1-22(2,3)15-8-10-16(11-9-15)29-13-12-23-19(26)14-25-20(27)17-6-4-5-7-18(17)24-21(25)28/h4-11H,12-14H2,1-3H3,(H,23,26)(H,24,28). The summed E-state index contributed by atoms with van der Waals surface area (Å²) in [6.45, 7) is 6.63. The molecule has 0 unspecified atom stereocenters. The van der Waals surface area contributed by atoms with E-state index in [1.165, 1.54) is 5.56 Å². The highest BCUT2D eigenvalue weighted by molar-refractivity contribution is 5.78. The first kappa shape index (κ1) is 20.4. The maximum atomic E-state index is 12.4. The number of carbonyl (C=O) groups is 1. The smallest absolute Gasteiger partial charge is 0.329 e. The highest BCUT2D eigenvalue weighted by atomic mass is 16.5. The number of hydrogen-bond donors (Lipinski definition) is 2. The van der Waals surface area contributed by atoms with E-state index in [4.69, 9.17) is 4.74 Å². The van der Waals surface area contributed by atoms with Crippen molar-refractivity contribution in [1.82, 2.24) is 14.9 Å². The fraction of sp³-hybridized carbons (Fsp3) is 0.318. The van der Waals surface area contributed by atoms with E-state index in [-0.39, 0.29) is 25.1 Å². The molecule has 0 bridgehead atoms. The predicted molar refractivity (Wildman–Crippen MR) is 112 cm³/mol. The average molecular weight is 395 g/mol. The Morgan fingerprint density at radius 3 is 2.45 bits per heavy atom. The lowest BCUT2D eigenvalue weighted by molar-refractivity contribution is -0.121. The van der Waals surface area contributed by atoms with E-state index in [0.29, 0.717) is 10.9 Å². The van der Waals surface area contributed by atoms with Crippen LogP contribution in [0, 0.1) is 0 Å². The molecule has 1 amide bonds. The van der Waals surface area contributed by atoms with Crippen LogP contribution in [0.5, 0.6) is 5.75 Å². The Balaban J connectivity index is 1.54. The van der Waals surface area contributed by atoms with Crippen molar-refractivity contribution in [2.75, 3.05) is 13.2 Å². The molecule has 1 heterocycles. The third kappa shape index (κ3) is 4.93. The van der Waals surface area contributed by atoms with E-state index in [0.717, 1.165) is 10.3 Å². The van der Waals surface area contributed by atoms with Crippen molar-refractivity contribution in [2.24, 2.45) is 0 Å². The summed E-state index contributed by atoms with van der Waals surface area (Å²) in [5, 5.41) is 3.03. The minimum atomic E-state index is -0.612. The van der Waals surface area contributed by atoms with E-state index < -0.39 is 17.2 Å². The number of hydrogen-bond acceptors (Lipinski definition) is 4. The van der Waals surface area contributed by atoms with Gasteiger partial charge in [-0.25, -0.2) is 4.79 Å². The molecule has 29 heavy (non-hydrogen) atoms. The highest BCUT2D eigenvalue weighted by Gasteiger charge is 2.13. The van der Waals surface area contributed by atoms with Gasteiger partial charge in [-0.15, -0.1) is 0 Å². The molecule has 2 aromatic carbocycles. The van der Waals surface area contributed by atoms with Crippen LogP contribution in [0.15, 0.2) is 58.1 Å². The van der Waals surface area contributed by atoms with Crippen LogP contribution in [0.1, 0.15) is 26.3 Å². The van der Waals surface area contributed by atoms with Crippen LogP contribution in [0.25, 0.3) is 10.9 Å². The van der Waals surface area contributed by atoms with Crippen molar-refractivity contribution in [1.29, 1.82) is 0 Å². The molecule has 0 atom stereocenters. The van der Waals surface area contributed by atoms with Gasteiger partial charge in [0.2, 0.25) is 5.91 Å². The number of benzene rings is 2. The summed E-state index contributed by atoms with van der Waals surface area (Å²) in [6.07, 6.45) is 0. The average Bonchev–Trinajstić information content (AvgIpc) is 2.68. The Morgan fingerprint density at radius 2 is 1.76 bits per heavy atom. The van der Waals surface area contributed by atoms with E-state index in [1.807, 2.05) is 24.3 Å². The molecule has 3 rings (SSSR count). The first-order chi connectivity index (χ1) is 13.8. The van der Waals surface area contributed by atoms with Gasteiger partial charge in [0.15, 0.2) is 0 Å². The monoisotopic (exact) mass is 395 g/mol. The molecule has 0 aliphatic carbocycles. The number of H-pyrrole nitrogens is 1. The Hall–Kier alpha value is -3.35. The van der Waals surface area contributed by atoms with Crippen LogP contribution in [0.3, 0.4) is 0 Å². The fourth-order valence-electron chi connectivity index (χ4n) is 2.95. The van der Waals surface area contributed by atoms with E-state index in [1.54, 1.807) is 24.3 Å². The largest absolute Gasteiger partial charge is 0.492 e. The fourth-order valence-corrected chi connectivity index (χ4v) is 2.95. The summed E-state index contributed by atoms with van der Waals surface area (Å²) in [4.78, 5) is 39.3. The molecule has 0 saturated heterocycles. The molecule has 0 spiro atoms. The van der Waals surface area contributed by atoms with Gasteiger partial charge in [0.1, 0.15) is 18.9 Å². The van der Waals surface area contributed by atoms with Crippen LogP contribution in [0.2, 0.25) is 0 Å². The molecule has 0 aliphatic heterocycles. The lowest BCUT2D eigenvalue weighted by atomic mass is 9.87. The Bertz CT molecular complexity index is 1120. The normalized spacial score (nSPS) is 11.4. The number of nitrogens with one attached hydrogen (secondary N) is 2. The first-order valence-corrected chi connectivity index (χ1v) is 9.47. The van der Waals surface area contributed by atoms with Gasteiger partial charge in [-0.1, -0.05) is 45.0 Å². The lowest BCUT2D eigenvalue weighted by Crippen LogP contribution is -2.41. The minimum absolute atomic E-state index is 0.0746. The summed E-state index contributed by atoms with van der Waals surface area (Å²) in [5.41, 5.74) is 0.633. The summed E-state index contributed by atoms with van der Waals surface area (Å²) in [7, 11) is 0. The lowest BCUT2D eigenvalue weighted by Gasteiger charge is -2.19. The third-order valence-corrected chi connectivity index (χ3v) is 4.60. The molecule has 7 heteroatoms. The number of fused-ring (bicyclic) bond motifs is 1. The molecule has 7 nitrogen and oxygen atoms in total. The van der Waals surface area contributed by atoms with Crippen molar-refractivity contribution in [2.45, 2.75) is 32.7 Å². The molecule has 0 aliphatic rings. The van der Waals surface area contributed by atoms with Crippen LogP contribution in [-0.2, 0) is 16.8 Å². The Labute approximate surface area is 168 Å². The van der Waals surface area contributed by atoms with Crippen molar-refractivity contribution >= 4 is 16.8 Å². The molecule has 3 aromatic rings. The van der Waals surface area contributed by atoms with Crippen molar-refractivity contribution in [3.63, 3.8) is 0 Å². The van der Waals surface area contributed by atoms with E-state index in [2.05, 4.69) is 31.1 Å². The Kier molecular flexibility index (Phi) is 5.87. The van der Waals surface area contributed by atoms with Gasteiger partial charge in [0, 0.05) is 0 Å². The van der Waals surface area contributed by atoms with Gasteiger partial charge < -0.3 is 15.0 Å². The molecular weight excluding hydrogens is 370 g/mol. The van der Waals surface area contributed by atoms with Gasteiger partial charge >= 0.3 is 5.69 Å². The van der Waals surface area contributed by atoms with Crippen LogP contribution in [0.4, 0.5) is 0 Å². The number of para-hydroxylation sites is 1. The highest BCUT2D eigenvalue weighted by Crippen LogP contribution is 2.24. The van der Waals surface area contributed by atoms with E-state index in [9.17, 15) is 14.4 Å². The van der Waals surface area contributed by atoms with Gasteiger partial charge in [-0.05, 0) is 35.2 Å². The zero-order valence-electron chi connectivity index (χ0n) is 16.8. The van der Waals surface area contributed by atoms with Crippen LogP contribution < -0.4 is 21.3 Å². The topological polar surface area (TPSA) is 93.2 Å². The number of aromatic nitrogens is 2. The van der Waals surface area contributed by atoms with Gasteiger partial charge in [0.05, 0.1) is 17.4 Å². The van der Waals surface area contributed by atoms with Gasteiger partial charge in [-0.3, -0.25) is 14.2 Å². The number of carbonyl (C=O) groups excluding carboxylic acids is 1. The third-order valence-electron chi connectivity index (χ3n) is 4.60. The van der Waals surface area contributed by atoms with Gasteiger partial charge in [0.25, 0.3) is 5.56 Å². The van der Waals surface area contributed by atoms with Crippen LogP contribution in [-0.4, -0.2) is 28.6 Å². The Morgan fingerprint density at radius 1 is 1.07 bits per heavy atom. The van der Waals surface area contributed by atoms with Crippen molar-refractivity contribution in [3.05, 3.63) is 74.9 Å². The number of ether oxygens (including phenoxy) is 1. The summed E-state index contributed by atoms with van der Waals surface area (Å²) >= 11 is 0. The summed E-state index contributed by atoms with van der Waals surface area (Å²) in [6, 6.07) is 14.5. The van der Waals surface area contributed by atoms with Gasteiger partial charge in [-0.2, -0.15) is 0 Å². The molecular formula is C22H25N3O4. The molecule has 152 valence electrons. The number of nitrogens with zero attached hydrogens (tertiary/aromatic N) is 1. The molecule has 1 aromatic heterocycles. The minimum Gasteiger partial charge on any atom is -0.492 e. The maximum absolute atomic E-state index is 12.4. The number of amides is 1. The molecule has 2 N–H and O–H groups in total. The maximum Gasteiger partial charge on any atom is 0.329 e. The number of rotatable bonds is 6. The number of aromatic amines is 1.